The van der Waals surface area contributed by atoms with Crippen LogP contribution in [-0.4, -0.2) is 33.8 Å². The molecule has 0 aromatic carbocycles. The second-order valence-electron chi connectivity index (χ2n) is 5.02. The van der Waals surface area contributed by atoms with Crippen molar-refractivity contribution in [2.45, 2.75) is 45.7 Å². The number of aryl methyl sites for hydroxylation is 1. The van der Waals surface area contributed by atoms with Crippen molar-refractivity contribution in [2.24, 2.45) is 0 Å². The Balaban J connectivity index is 2.02. The van der Waals surface area contributed by atoms with Crippen LogP contribution in [0.4, 0.5) is 5.82 Å². The lowest BCUT2D eigenvalue weighted by Crippen LogP contribution is -2.39. The van der Waals surface area contributed by atoms with Crippen molar-refractivity contribution < 1.29 is 0 Å². The second-order valence-corrected chi connectivity index (χ2v) is 5.02. The number of piperidine rings is 1. The molecule has 2 heterocycles. The molecule has 0 radical (unpaired) electrons. The highest BCUT2D eigenvalue weighted by Gasteiger charge is 2.23. The van der Waals surface area contributed by atoms with E-state index in [1.54, 1.807) is 0 Å². The highest BCUT2D eigenvalue weighted by Crippen LogP contribution is 2.26. The molecule has 0 aliphatic carbocycles. The van der Waals surface area contributed by atoms with Crippen LogP contribution >= 0.6 is 0 Å². The first-order chi connectivity index (χ1) is 7.59. The van der Waals surface area contributed by atoms with E-state index in [9.17, 15) is 0 Å². The van der Waals surface area contributed by atoms with Crippen molar-refractivity contribution in [3.8, 4) is 0 Å². The predicted octanol–water partition coefficient (Wildman–Crippen LogP) is 1.82. The molecule has 0 unspecified atom stereocenters. The Hall–Kier alpha value is -1.03. The summed E-state index contributed by atoms with van der Waals surface area (Å²) in [5.41, 5.74) is 7.10. The van der Waals surface area contributed by atoms with E-state index in [4.69, 9.17) is 5.73 Å². The van der Waals surface area contributed by atoms with Crippen molar-refractivity contribution in [3.63, 3.8) is 0 Å². The normalized spacial score (nSPS) is 19.5. The fraction of sp³-hybridized carbons (Fsp3) is 0.750. The van der Waals surface area contributed by atoms with Gasteiger partial charge >= 0.3 is 0 Å². The summed E-state index contributed by atoms with van der Waals surface area (Å²) in [4.78, 5) is 2.52. The summed E-state index contributed by atoms with van der Waals surface area (Å²) in [5.74, 6) is 0.836. The zero-order valence-electron chi connectivity index (χ0n) is 10.5. The molecule has 0 saturated carbocycles. The first-order valence-corrected chi connectivity index (χ1v) is 6.13. The molecule has 1 aromatic rings. The van der Waals surface area contributed by atoms with E-state index in [0.717, 1.165) is 37.3 Å². The molecule has 0 bridgehead atoms. The molecule has 1 aliphatic heterocycles. The number of nitrogens with two attached hydrogens (primary N) is 1. The van der Waals surface area contributed by atoms with E-state index in [1.165, 1.54) is 0 Å². The number of hydrogen-bond donors (Lipinski definition) is 1. The molecule has 1 saturated heterocycles. The van der Waals surface area contributed by atoms with Crippen LogP contribution in [0.2, 0.25) is 0 Å². The van der Waals surface area contributed by atoms with Crippen LogP contribution in [0.3, 0.4) is 0 Å². The molecule has 90 valence electrons. The minimum atomic E-state index is 0.490. The molecule has 2 rings (SSSR count). The Morgan fingerprint density at radius 3 is 2.44 bits per heavy atom. The van der Waals surface area contributed by atoms with E-state index >= 15 is 0 Å². The Labute approximate surface area is 97.4 Å². The number of hydrogen-bond acceptors (Lipinski definition) is 3. The van der Waals surface area contributed by atoms with Gasteiger partial charge in [0.1, 0.15) is 5.82 Å². The van der Waals surface area contributed by atoms with Gasteiger partial charge in [0.15, 0.2) is 0 Å². The van der Waals surface area contributed by atoms with Gasteiger partial charge in [-0.15, -0.1) is 0 Å². The van der Waals surface area contributed by atoms with Gasteiger partial charge in [0.2, 0.25) is 0 Å². The fourth-order valence-electron chi connectivity index (χ4n) is 2.40. The number of anilines is 1. The number of aromatic nitrogens is 2. The van der Waals surface area contributed by atoms with Gasteiger partial charge in [-0.3, -0.25) is 0 Å². The Morgan fingerprint density at radius 2 is 2.00 bits per heavy atom. The molecule has 1 fully saturated rings. The summed E-state index contributed by atoms with van der Waals surface area (Å²) in [6.07, 6.45) is 4.18. The molecule has 0 spiro atoms. The molecule has 16 heavy (non-hydrogen) atoms. The molecule has 1 aromatic heterocycles. The lowest BCUT2D eigenvalue weighted by molar-refractivity contribution is 0.148. The van der Waals surface area contributed by atoms with Crippen molar-refractivity contribution >= 4 is 5.82 Å². The Bertz CT molecular complexity index is 348. The Morgan fingerprint density at radius 1 is 1.38 bits per heavy atom. The van der Waals surface area contributed by atoms with Crippen LogP contribution in [0, 0.1) is 6.92 Å². The van der Waals surface area contributed by atoms with Crippen molar-refractivity contribution in [2.75, 3.05) is 18.8 Å². The monoisotopic (exact) mass is 222 g/mol. The van der Waals surface area contributed by atoms with Gasteiger partial charge < -0.3 is 10.6 Å². The van der Waals surface area contributed by atoms with Crippen LogP contribution in [0.25, 0.3) is 0 Å². The first kappa shape index (κ1) is 11.5. The Kier molecular flexibility index (Phi) is 3.19. The first-order valence-electron chi connectivity index (χ1n) is 6.13. The SMILES string of the molecule is Cc1cnn(C2CCN(C(C)C)CC2)c1N. The van der Waals surface area contributed by atoms with E-state index in [2.05, 4.69) is 23.8 Å². The van der Waals surface area contributed by atoms with Crippen LogP contribution in [0.15, 0.2) is 6.20 Å². The molecule has 4 nitrogen and oxygen atoms in total. The van der Waals surface area contributed by atoms with E-state index in [1.807, 2.05) is 17.8 Å². The van der Waals surface area contributed by atoms with E-state index in [0.29, 0.717) is 12.1 Å². The molecular formula is C12H22N4. The molecule has 0 atom stereocenters. The summed E-state index contributed by atoms with van der Waals surface area (Å²) in [6, 6.07) is 1.14. The molecule has 4 heteroatoms. The molecule has 2 N–H and O–H groups in total. The maximum Gasteiger partial charge on any atom is 0.124 e. The molecular weight excluding hydrogens is 200 g/mol. The third-order valence-electron chi connectivity index (χ3n) is 3.60. The zero-order valence-corrected chi connectivity index (χ0v) is 10.5. The van der Waals surface area contributed by atoms with E-state index in [-0.39, 0.29) is 0 Å². The summed E-state index contributed by atoms with van der Waals surface area (Å²) in [7, 11) is 0. The van der Waals surface area contributed by atoms with Gasteiger partial charge in [0.05, 0.1) is 12.2 Å². The van der Waals surface area contributed by atoms with Crippen LogP contribution in [0.5, 0.6) is 0 Å². The molecule has 0 amide bonds. The van der Waals surface area contributed by atoms with Gasteiger partial charge in [-0.25, -0.2) is 4.68 Å². The lowest BCUT2D eigenvalue weighted by Gasteiger charge is -2.34. The summed E-state index contributed by atoms with van der Waals surface area (Å²) < 4.78 is 2.01. The quantitative estimate of drug-likeness (QED) is 0.830. The standard InChI is InChI=1S/C12H22N4/c1-9(2)15-6-4-11(5-7-15)16-12(13)10(3)8-14-16/h8-9,11H,4-7,13H2,1-3H3. The minimum Gasteiger partial charge on any atom is -0.384 e. The van der Waals surface area contributed by atoms with Crippen molar-refractivity contribution in [1.29, 1.82) is 0 Å². The zero-order chi connectivity index (χ0) is 11.7. The predicted molar refractivity (Wildman–Crippen MR) is 66.4 cm³/mol. The fourth-order valence-corrected chi connectivity index (χ4v) is 2.40. The topological polar surface area (TPSA) is 47.1 Å². The van der Waals surface area contributed by atoms with Crippen molar-refractivity contribution in [1.82, 2.24) is 14.7 Å². The highest BCUT2D eigenvalue weighted by molar-refractivity contribution is 5.37. The summed E-state index contributed by atoms with van der Waals surface area (Å²) >= 11 is 0. The number of rotatable bonds is 2. The minimum absolute atomic E-state index is 0.490. The van der Waals surface area contributed by atoms with Gasteiger partial charge in [-0.05, 0) is 33.6 Å². The maximum absolute atomic E-state index is 6.01. The van der Waals surface area contributed by atoms with Gasteiger partial charge in [0, 0.05) is 24.7 Å². The summed E-state index contributed by atoms with van der Waals surface area (Å²) in [6.45, 7) is 8.84. The average molecular weight is 222 g/mol. The smallest absolute Gasteiger partial charge is 0.124 e. The summed E-state index contributed by atoms with van der Waals surface area (Å²) in [5, 5.41) is 4.38. The number of likely N-dealkylation sites (tertiary alicyclic amines) is 1. The molecule has 1 aliphatic rings. The lowest BCUT2D eigenvalue weighted by atomic mass is 10.0. The van der Waals surface area contributed by atoms with Gasteiger partial charge in [-0.1, -0.05) is 0 Å². The van der Waals surface area contributed by atoms with Crippen LogP contribution in [0.1, 0.15) is 38.3 Å². The second kappa shape index (κ2) is 4.45. The largest absolute Gasteiger partial charge is 0.384 e. The third kappa shape index (κ3) is 2.07. The average Bonchev–Trinajstić information content (AvgIpc) is 2.60. The van der Waals surface area contributed by atoms with E-state index < -0.39 is 0 Å². The number of nitrogen functional groups attached to an aromatic ring is 1. The maximum atomic E-state index is 6.01. The number of nitrogens with zero attached hydrogens (tertiary/aromatic N) is 3. The third-order valence-corrected chi connectivity index (χ3v) is 3.60. The van der Waals surface area contributed by atoms with Gasteiger partial charge in [-0.2, -0.15) is 5.10 Å². The highest BCUT2D eigenvalue weighted by atomic mass is 15.3. The van der Waals surface area contributed by atoms with Crippen molar-refractivity contribution in [3.05, 3.63) is 11.8 Å². The van der Waals surface area contributed by atoms with Gasteiger partial charge in [0.25, 0.3) is 0 Å². The van der Waals surface area contributed by atoms with Crippen LogP contribution < -0.4 is 5.73 Å². The van der Waals surface area contributed by atoms with Crippen LogP contribution in [-0.2, 0) is 0 Å².